The van der Waals surface area contributed by atoms with Crippen LogP contribution < -0.4 is 11.1 Å². The lowest BCUT2D eigenvalue weighted by Gasteiger charge is -2.23. The van der Waals surface area contributed by atoms with Crippen LogP contribution >= 0.6 is 0 Å². The van der Waals surface area contributed by atoms with Gasteiger partial charge in [-0.2, -0.15) is 0 Å². The molecule has 1 aromatic heterocycles. The maximum atomic E-state index is 5.83. The number of anilines is 1. The van der Waals surface area contributed by atoms with Gasteiger partial charge in [-0.3, -0.25) is 0 Å². The molecular formula is C13H17N3O. The number of ether oxygens (including phenoxy) is 1. The lowest BCUT2D eigenvalue weighted by molar-refractivity contribution is 0.0294. The highest BCUT2D eigenvalue weighted by atomic mass is 16.5. The third-order valence-corrected chi connectivity index (χ3v) is 3.24. The van der Waals surface area contributed by atoms with Gasteiger partial charge in [-0.25, -0.2) is 0 Å². The molecule has 0 bridgehead atoms. The lowest BCUT2D eigenvalue weighted by Crippen LogP contribution is -2.39. The Hall–Kier alpha value is -1.52. The molecule has 0 spiro atoms. The Bertz CT molecular complexity index is 514. The Kier molecular flexibility index (Phi) is 2.74. The van der Waals surface area contributed by atoms with Gasteiger partial charge in [-0.05, 0) is 23.8 Å². The van der Waals surface area contributed by atoms with E-state index in [4.69, 9.17) is 10.5 Å². The van der Waals surface area contributed by atoms with Crippen LogP contribution in [-0.4, -0.2) is 30.8 Å². The van der Waals surface area contributed by atoms with E-state index < -0.39 is 0 Å². The summed E-state index contributed by atoms with van der Waals surface area (Å²) >= 11 is 0. The molecule has 1 aromatic carbocycles. The van der Waals surface area contributed by atoms with Gasteiger partial charge in [0.15, 0.2) is 0 Å². The summed E-state index contributed by atoms with van der Waals surface area (Å²) in [5, 5.41) is 4.55. The smallest absolute Gasteiger partial charge is 0.0741 e. The van der Waals surface area contributed by atoms with Gasteiger partial charge in [0.25, 0.3) is 0 Å². The highest BCUT2D eigenvalue weighted by Gasteiger charge is 2.15. The van der Waals surface area contributed by atoms with E-state index in [9.17, 15) is 0 Å². The number of hydrogen-bond donors (Lipinski definition) is 3. The number of aromatic amines is 1. The molecule has 1 fully saturated rings. The quantitative estimate of drug-likeness (QED) is 0.682. The second-order valence-electron chi connectivity index (χ2n) is 4.52. The molecule has 90 valence electrons. The van der Waals surface area contributed by atoms with Crippen molar-refractivity contribution in [1.29, 1.82) is 0 Å². The summed E-state index contributed by atoms with van der Waals surface area (Å²) in [6.07, 6.45) is 3.25. The van der Waals surface area contributed by atoms with Crippen molar-refractivity contribution in [1.82, 2.24) is 10.3 Å². The summed E-state index contributed by atoms with van der Waals surface area (Å²) in [4.78, 5) is 3.27. The molecule has 2 heterocycles. The summed E-state index contributed by atoms with van der Waals surface area (Å²) in [6.45, 7) is 2.68. The molecule has 3 rings (SSSR count). The van der Waals surface area contributed by atoms with Crippen molar-refractivity contribution < 1.29 is 4.74 Å². The van der Waals surface area contributed by atoms with Crippen molar-refractivity contribution >= 4 is 16.6 Å². The number of H-pyrrole nitrogens is 1. The summed E-state index contributed by atoms with van der Waals surface area (Å²) in [7, 11) is 0. The van der Waals surface area contributed by atoms with E-state index in [1.54, 1.807) is 0 Å². The molecular weight excluding hydrogens is 214 g/mol. The van der Waals surface area contributed by atoms with E-state index in [2.05, 4.69) is 16.5 Å². The minimum absolute atomic E-state index is 0.268. The van der Waals surface area contributed by atoms with Crippen LogP contribution in [0.25, 0.3) is 10.9 Å². The molecule has 1 aliphatic rings. The van der Waals surface area contributed by atoms with Gasteiger partial charge in [0, 0.05) is 42.3 Å². The normalized spacial score (nSPS) is 20.8. The summed E-state index contributed by atoms with van der Waals surface area (Å²) in [6, 6.07) is 5.97. The number of hydrogen-bond acceptors (Lipinski definition) is 3. The average molecular weight is 231 g/mol. The van der Waals surface area contributed by atoms with Crippen LogP contribution in [0.2, 0.25) is 0 Å². The van der Waals surface area contributed by atoms with E-state index in [0.717, 1.165) is 37.3 Å². The van der Waals surface area contributed by atoms with Gasteiger partial charge in [0.1, 0.15) is 0 Å². The maximum absolute atomic E-state index is 5.83. The van der Waals surface area contributed by atoms with Crippen LogP contribution in [0.15, 0.2) is 24.4 Å². The number of morpholine rings is 1. The van der Waals surface area contributed by atoms with Crippen molar-refractivity contribution in [3.05, 3.63) is 30.0 Å². The minimum Gasteiger partial charge on any atom is -0.399 e. The molecule has 4 N–H and O–H groups in total. The number of nitrogens with two attached hydrogens (primary N) is 1. The third-order valence-electron chi connectivity index (χ3n) is 3.24. The summed E-state index contributed by atoms with van der Waals surface area (Å²) in [5.74, 6) is 0. The van der Waals surface area contributed by atoms with Crippen molar-refractivity contribution in [3.8, 4) is 0 Å². The maximum Gasteiger partial charge on any atom is 0.0741 e. The zero-order valence-electron chi connectivity index (χ0n) is 9.70. The largest absolute Gasteiger partial charge is 0.399 e. The van der Waals surface area contributed by atoms with Crippen molar-refractivity contribution in [2.24, 2.45) is 0 Å². The van der Waals surface area contributed by atoms with Crippen LogP contribution in [0.1, 0.15) is 5.56 Å². The van der Waals surface area contributed by atoms with E-state index in [0.29, 0.717) is 0 Å². The molecule has 1 unspecified atom stereocenters. The molecule has 1 atom stereocenters. The van der Waals surface area contributed by atoms with Crippen LogP contribution in [-0.2, 0) is 11.2 Å². The second-order valence-corrected chi connectivity index (χ2v) is 4.52. The molecule has 4 nitrogen and oxygen atoms in total. The standard InChI is InChI=1S/C13H17N3O/c14-10-1-2-13-12(6-10)9(7-16-13)5-11-8-15-3-4-17-11/h1-2,6-7,11,15-16H,3-5,8,14H2. The number of benzene rings is 1. The minimum atomic E-state index is 0.268. The molecule has 17 heavy (non-hydrogen) atoms. The average Bonchev–Trinajstić information content (AvgIpc) is 2.73. The summed E-state index contributed by atoms with van der Waals surface area (Å²) in [5.41, 5.74) is 9.05. The Labute approximate surface area is 100 Å². The fourth-order valence-corrected chi connectivity index (χ4v) is 2.36. The van der Waals surface area contributed by atoms with Crippen LogP contribution in [0.5, 0.6) is 0 Å². The first-order chi connectivity index (χ1) is 8.33. The van der Waals surface area contributed by atoms with Crippen molar-refractivity contribution in [2.45, 2.75) is 12.5 Å². The molecule has 1 aliphatic heterocycles. The predicted molar refractivity (Wildman–Crippen MR) is 69.0 cm³/mol. The van der Waals surface area contributed by atoms with Gasteiger partial charge < -0.3 is 20.8 Å². The number of nitrogens with one attached hydrogen (secondary N) is 2. The topological polar surface area (TPSA) is 63.1 Å². The van der Waals surface area contributed by atoms with Gasteiger partial charge in [0.2, 0.25) is 0 Å². The van der Waals surface area contributed by atoms with Crippen molar-refractivity contribution in [2.75, 3.05) is 25.4 Å². The molecule has 0 saturated carbocycles. The Balaban J connectivity index is 1.86. The Morgan fingerprint density at radius 2 is 2.35 bits per heavy atom. The van der Waals surface area contributed by atoms with Gasteiger partial charge in [-0.15, -0.1) is 0 Å². The lowest BCUT2D eigenvalue weighted by atomic mass is 10.1. The molecule has 4 heteroatoms. The predicted octanol–water partition coefficient (Wildman–Crippen LogP) is 1.28. The van der Waals surface area contributed by atoms with Crippen LogP contribution in [0, 0.1) is 0 Å². The SMILES string of the molecule is Nc1ccc2[nH]cc(CC3CNCCO3)c2c1. The number of rotatable bonds is 2. The van der Waals surface area contributed by atoms with E-state index in [-0.39, 0.29) is 6.10 Å². The zero-order chi connectivity index (χ0) is 11.7. The van der Waals surface area contributed by atoms with Gasteiger partial charge in [0.05, 0.1) is 12.7 Å². The first kappa shape index (κ1) is 10.6. The fourth-order valence-electron chi connectivity index (χ4n) is 2.36. The Morgan fingerprint density at radius 1 is 1.41 bits per heavy atom. The Morgan fingerprint density at radius 3 is 3.18 bits per heavy atom. The number of fused-ring (bicyclic) bond motifs is 1. The third kappa shape index (κ3) is 2.14. The fraction of sp³-hybridized carbons (Fsp3) is 0.385. The zero-order valence-corrected chi connectivity index (χ0v) is 9.70. The highest BCUT2D eigenvalue weighted by molar-refractivity contribution is 5.86. The van der Waals surface area contributed by atoms with E-state index >= 15 is 0 Å². The van der Waals surface area contributed by atoms with Crippen LogP contribution in [0.3, 0.4) is 0 Å². The first-order valence-electron chi connectivity index (χ1n) is 6.01. The molecule has 0 radical (unpaired) electrons. The highest BCUT2D eigenvalue weighted by Crippen LogP contribution is 2.22. The van der Waals surface area contributed by atoms with E-state index in [1.165, 1.54) is 10.9 Å². The van der Waals surface area contributed by atoms with E-state index in [1.807, 2.05) is 18.2 Å². The monoisotopic (exact) mass is 231 g/mol. The molecule has 2 aromatic rings. The van der Waals surface area contributed by atoms with Gasteiger partial charge >= 0.3 is 0 Å². The molecule has 0 amide bonds. The summed E-state index contributed by atoms with van der Waals surface area (Å²) < 4.78 is 5.72. The molecule has 1 saturated heterocycles. The molecule has 0 aliphatic carbocycles. The second kappa shape index (κ2) is 4.39. The number of aromatic nitrogens is 1. The van der Waals surface area contributed by atoms with Crippen molar-refractivity contribution in [3.63, 3.8) is 0 Å². The number of nitrogen functional groups attached to an aromatic ring is 1. The van der Waals surface area contributed by atoms with Crippen LogP contribution in [0.4, 0.5) is 5.69 Å². The first-order valence-corrected chi connectivity index (χ1v) is 6.01. The van der Waals surface area contributed by atoms with Gasteiger partial charge in [-0.1, -0.05) is 0 Å².